The minimum atomic E-state index is 0.397. The van der Waals surface area contributed by atoms with E-state index in [0.717, 1.165) is 25.3 Å². The molecule has 2 rings (SSSR count). The van der Waals surface area contributed by atoms with Crippen LogP contribution in [0, 0.1) is 11.1 Å². The van der Waals surface area contributed by atoms with Crippen LogP contribution in [0.2, 0.25) is 0 Å². The third-order valence-electron chi connectivity index (χ3n) is 2.94. The fourth-order valence-corrected chi connectivity index (χ4v) is 1.75. The van der Waals surface area contributed by atoms with E-state index in [1.807, 2.05) is 0 Å². The first-order valence-electron chi connectivity index (χ1n) is 4.80. The van der Waals surface area contributed by atoms with E-state index in [9.17, 15) is 5.21 Å². The molecule has 2 heteroatoms. The highest BCUT2D eigenvalue weighted by atomic mass is 16.5. The Bertz CT molecular complexity index is 134. The molecule has 0 N–H and O–H groups in total. The van der Waals surface area contributed by atoms with Crippen LogP contribution in [0.5, 0.6) is 0 Å². The summed E-state index contributed by atoms with van der Waals surface area (Å²) in [6.07, 6.45) is 7.87. The molecular formula is C9H16NO-. The lowest BCUT2D eigenvalue weighted by Crippen LogP contribution is -2.43. The molecule has 0 bridgehead atoms. The zero-order chi connectivity index (χ0) is 7.68. The van der Waals surface area contributed by atoms with Crippen molar-refractivity contribution in [3.8, 4) is 0 Å². The van der Waals surface area contributed by atoms with Crippen LogP contribution in [0.25, 0.3) is 0 Å². The van der Waals surface area contributed by atoms with E-state index in [1.165, 1.54) is 30.7 Å². The summed E-state index contributed by atoms with van der Waals surface area (Å²) in [4.78, 5) is 0. The van der Waals surface area contributed by atoms with Gasteiger partial charge in [0.05, 0.1) is 0 Å². The molecule has 2 aliphatic rings. The van der Waals surface area contributed by atoms with Gasteiger partial charge >= 0.3 is 0 Å². The molecule has 11 heavy (non-hydrogen) atoms. The fraction of sp³-hybridized carbons (Fsp3) is 1.00. The van der Waals surface area contributed by atoms with Gasteiger partial charge in [0.2, 0.25) is 0 Å². The third-order valence-corrected chi connectivity index (χ3v) is 2.94. The molecule has 0 aromatic carbocycles. The second-order valence-corrected chi connectivity index (χ2v) is 3.96. The van der Waals surface area contributed by atoms with Gasteiger partial charge in [-0.25, -0.2) is 0 Å². The normalized spacial score (nSPS) is 31.9. The molecule has 0 amide bonds. The molecule has 64 valence electrons. The molecule has 0 spiro atoms. The monoisotopic (exact) mass is 154 g/mol. The Hall–Kier alpha value is -0.0800. The summed E-state index contributed by atoms with van der Waals surface area (Å²) in [5, 5.41) is 12.1. The highest BCUT2D eigenvalue weighted by molar-refractivity contribution is 4.83. The second kappa shape index (κ2) is 3.11. The average Bonchev–Trinajstić information content (AvgIpc) is 2.78. The Balaban J connectivity index is 1.51. The van der Waals surface area contributed by atoms with Crippen LogP contribution in [-0.4, -0.2) is 17.6 Å². The maximum Gasteiger partial charge on any atom is -0.00142 e. The molecule has 1 saturated carbocycles. The summed E-state index contributed by atoms with van der Waals surface area (Å²) in [5.41, 5.74) is 0. The second-order valence-electron chi connectivity index (χ2n) is 3.96. The molecule has 1 unspecified atom stereocenters. The number of nitrogens with zero attached hydrogens (tertiary/aromatic N) is 1. The van der Waals surface area contributed by atoms with E-state index >= 15 is 0 Å². The van der Waals surface area contributed by atoms with Gasteiger partial charge in [0.25, 0.3) is 0 Å². The lowest BCUT2D eigenvalue weighted by molar-refractivity contribution is 0.143. The predicted molar refractivity (Wildman–Crippen MR) is 45.1 cm³/mol. The van der Waals surface area contributed by atoms with Crippen LogP contribution >= 0.6 is 0 Å². The van der Waals surface area contributed by atoms with Crippen LogP contribution in [0.15, 0.2) is 0 Å². The summed E-state index contributed by atoms with van der Waals surface area (Å²) in [5.74, 6) is 1.04. The maximum atomic E-state index is 10.8. The predicted octanol–water partition coefficient (Wildman–Crippen LogP) is 2.14. The molecule has 1 atom stereocenters. The Labute approximate surface area is 68.2 Å². The van der Waals surface area contributed by atoms with Crippen molar-refractivity contribution in [3.63, 3.8) is 0 Å². The molecular weight excluding hydrogens is 138 g/mol. The Kier molecular flexibility index (Phi) is 2.14. The van der Waals surface area contributed by atoms with Crippen LogP contribution in [0.1, 0.15) is 38.5 Å². The number of rotatable bonds is 4. The standard InChI is InChI=1S/C9H16NO/c11-10-7-6-9(10)3-1-2-8-4-5-8/h8-9H,1-7H2/q-1. The number of hydrogen-bond acceptors (Lipinski definition) is 2. The average molecular weight is 154 g/mol. The summed E-state index contributed by atoms with van der Waals surface area (Å²) < 4.78 is 0. The van der Waals surface area contributed by atoms with Crippen LogP contribution in [0.3, 0.4) is 0 Å². The van der Waals surface area contributed by atoms with Crippen molar-refractivity contribution in [2.24, 2.45) is 5.92 Å². The Morgan fingerprint density at radius 3 is 2.45 bits per heavy atom. The molecule has 1 aliphatic heterocycles. The van der Waals surface area contributed by atoms with Crippen molar-refractivity contribution in [1.29, 1.82) is 0 Å². The van der Waals surface area contributed by atoms with Crippen LogP contribution < -0.4 is 0 Å². The first kappa shape index (κ1) is 7.56. The minimum absolute atomic E-state index is 0.397. The Morgan fingerprint density at radius 1 is 1.18 bits per heavy atom. The highest BCUT2D eigenvalue weighted by Gasteiger charge is 2.23. The van der Waals surface area contributed by atoms with Crippen LogP contribution in [0.4, 0.5) is 0 Å². The fourth-order valence-electron chi connectivity index (χ4n) is 1.75. The van der Waals surface area contributed by atoms with Gasteiger partial charge in [-0.1, -0.05) is 25.7 Å². The summed E-state index contributed by atoms with van der Waals surface area (Å²) in [6, 6.07) is 0.397. The molecule has 1 aliphatic carbocycles. The maximum absolute atomic E-state index is 10.8. The van der Waals surface area contributed by atoms with Crippen molar-refractivity contribution in [1.82, 2.24) is 5.06 Å². The largest absolute Gasteiger partial charge is 0.785 e. The van der Waals surface area contributed by atoms with Gasteiger partial charge in [0.15, 0.2) is 0 Å². The van der Waals surface area contributed by atoms with Gasteiger partial charge in [-0.05, 0) is 31.3 Å². The highest BCUT2D eigenvalue weighted by Crippen LogP contribution is 2.34. The van der Waals surface area contributed by atoms with Gasteiger partial charge in [0.1, 0.15) is 0 Å². The zero-order valence-electron chi connectivity index (χ0n) is 6.96. The number of hydrogen-bond donors (Lipinski definition) is 0. The first-order chi connectivity index (χ1) is 5.36. The summed E-state index contributed by atoms with van der Waals surface area (Å²) >= 11 is 0. The molecule has 1 heterocycles. The van der Waals surface area contributed by atoms with E-state index < -0.39 is 0 Å². The first-order valence-corrected chi connectivity index (χ1v) is 4.80. The van der Waals surface area contributed by atoms with E-state index in [4.69, 9.17) is 0 Å². The summed E-state index contributed by atoms with van der Waals surface area (Å²) in [7, 11) is 0. The molecule has 0 radical (unpaired) electrons. The topological polar surface area (TPSA) is 26.3 Å². The van der Waals surface area contributed by atoms with Crippen molar-refractivity contribution in [2.75, 3.05) is 6.54 Å². The molecule has 2 fully saturated rings. The molecule has 0 aromatic heterocycles. The van der Waals surface area contributed by atoms with E-state index in [0.29, 0.717) is 6.04 Å². The van der Waals surface area contributed by atoms with Crippen molar-refractivity contribution in [3.05, 3.63) is 5.21 Å². The van der Waals surface area contributed by atoms with Crippen molar-refractivity contribution in [2.45, 2.75) is 44.6 Å². The van der Waals surface area contributed by atoms with E-state index in [-0.39, 0.29) is 0 Å². The number of hydroxylamine groups is 2. The molecule has 1 saturated heterocycles. The molecule has 2 nitrogen and oxygen atoms in total. The zero-order valence-corrected chi connectivity index (χ0v) is 6.96. The van der Waals surface area contributed by atoms with Gasteiger partial charge in [-0.3, -0.25) is 0 Å². The Morgan fingerprint density at radius 2 is 2.00 bits per heavy atom. The van der Waals surface area contributed by atoms with Gasteiger partial charge < -0.3 is 10.3 Å². The SMILES string of the molecule is [O-]N1CCC1CCCC1CC1. The lowest BCUT2D eigenvalue weighted by Gasteiger charge is -2.46. The quantitative estimate of drug-likeness (QED) is 0.620. The van der Waals surface area contributed by atoms with Gasteiger partial charge in [-0.15, -0.1) is 0 Å². The van der Waals surface area contributed by atoms with Crippen LogP contribution in [-0.2, 0) is 0 Å². The van der Waals surface area contributed by atoms with E-state index in [1.54, 1.807) is 0 Å². The van der Waals surface area contributed by atoms with Gasteiger partial charge in [0, 0.05) is 0 Å². The van der Waals surface area contributed by atoms with E-state index in [2.05, 4.69) is 0 Å². The minimum Gasteiger partial charge on any atom is -0.785 e. The lowest BCUT2D eigenvalue weighted by atomic mass is 9.99. The third kappa shape index (κ3) is 1.94. The van der Waals surface area contributed by atoms with Crippen molar-refractivity contribution >= 4 is 0 Å². The molecule has 0 aromatic rings. The smallest absolute Gasteiger partial charge is 0.00142 e. The van der Waals surface area contributed by atoms with Crippen molar-refractivity contribution < 1.29 is 0 Å². The van der Waals surface area contributed by atoms with Gasteiger partial charge in [-0.2, -0.15) is 0 Å². The summed E-state index contributed by atoms with van der Waals surface area (Å²) in [6.45, 7) is 0.786.